The van der Waals surface area contributed by atoms with Gasteiger partial charge in [0.25, 0.3) is 5.91 Å². The van der Waals surface area contributed by atoms with Crippen molar-refractivity contribution in [3.63, 3.8) is 0 Å². The lowest BCUT2D eigenvalue weighted by Gasteiger charge is -2.39. The Hall–Kier alpha value is -2.70. The summed E-state index contributed by atoms with van der Waals surface area (Å²) < 4.78 is 51.6. The summed E-state index contributed by atoms with van der Waals surface area (Å²) in [4.78, 5) is 11.8. The Bertz CT molecular complexity index is 967. The number of aliphatic hydroxyl groups is 4. The number of benzene rings is 2. The van der Waals surface area contributed by atoms with Crippen LogP contribution >= 0.6 is 0 Å². The maximum absolute atomic E-state index is 13.8. The van der Waals surface area contributed by atoms with Crippen LogP contribution in [-0.2, 0) is 10.9 Å². The first-order chi connectivity index (χ1) is 15.1. The monoisotopic (exact) mass is 457 g/mol. The van der Waals surface area contributed by atoms with Crippen LogP contribution in [0.15, 0.2) is 42.5 Å². The lowest BCUT2D eigenvalue weighted by molar-refractivity contribution is -0.278. The molecule has 1 heterocycles. The highest BCUT2D eigenvalue weighted by Gasteiger charge is 2.45. The molecule has 1 saturated heterocycles. The van der Waals surface area contributed by atoms with Crippen LogP contribution in [0.3, 0.4) is 0 Å². The van der Waals surface area contributed by atoms with Gasteiger partial charge >= 0.3 is 6.18 Å². The van der Waals surface area contributed by atoms with Crippen molar-refractivity contribution in [1.82, 2.24) is 5.32 Å². The summed E-state index contributed by atoms with van der Waals surface area (Å²) >= 11 is 0. The molecule has 0 saturated carbocycles. The third kappa shape index (κ3) is 4.87. The molecule has 0 aromatic heterocycles. The molecular formula is C21H22F3NO7. The first-order valence-electron chi connectivity index (χ1n) is 9.57. The first kappa shape index (κ1) is 24.0. The minimum Gasteiger partial charge on any atom is -0.461 e. The van der Waals surface area contributed by atoms with Crippen molar-refractivity contribution in [3.8, 4) is 16.9 Å². The van der Waals surface area contributed by atoms with Crippen LogP contribution in [0.25, 0.3) is 11.1 Å². The van der Waals surface area contributed by atoms with Crippen LogP contribution in [0.4, 0.5) is 13.2 Å². The number of alkyl halides is 3. The SMILES string of the molecule is CNC(=O)c1cccc(-c2ccc(OC3OC(CO)C(O)C(O)C3O)c(C(F)(F)F)c2)c1. The van der Waals surface area contributed by atoms with E-state index < -0.39 is 60.7 Å². The number of halogens is 3. The number of carbonyl (C=O) groups is 1. The van der Waals surface area contributed by atoms with Crippen LogP contribution in [-0.4, -0.2) is 70.7 Å². The van der Waals surface area contributed by atoms with Gasteiger partial charge in [-0.05, 0) is 35.4 Å². The summed E-state index contributed by atoms with van der Waals surface area (Å²) in [6, 6.07) is 9.20. The second kappa shape index (κ2) is 9.43. The lowest BCUT2D eigenvalue weighted by Crippen LogP contribution is -2.60. The number of aliphatic hydroxyl groups excluding tert-OH is 4. The molecule has 5 atom stereocenters. The predicted molar refractivity (Wildman–Crippen MR) is 105 cm³/mol. The molecule has 0 aliphatic carbocycles. The van der Waals surface area contributed by atoms with Crippen molar-refractivity contribution in [1.29, 1.82) is 0 Å². The number of rotatable bonds is 5. The Morgan fingerprint density at radius 2 is 1.75 bits per heavy atom. The van der Waals surface area contributed by atoms with Crippen LogP contribution in [0.5, 0.6) is 5.75 Å². The molecule has 8 nitrogen and oxygen atoms in total. The molecule has 3 rings (SSSR count). The molecular weight excluding hydrogens is 435 g/mol. The lowest BCUT2D eigenvalue weighted by atomic mass is 9.98. The Morgan fingerprint density at radius 1 is 1.06 bits per heavy atom. The maximum atomic E-state index is 13.8. The Kier molecular flexibility index (Phi) is 7.06. The van der Waals surface area contributed by atoms with E-state index in [9.17, 15) is 38.4 Å². The van der Waals surface area contributed by atoms with E-state index in [4.69, 9.17) is 9.47 Å². The van der Waals surface area contributed by atoms with Crippen molar-refractivity contribution in [2.75, 3.05) is 13.7 Å². The van der Waals surface area contributed by atoms with Gasteiger partial charge in [0.05, 0.1) is 12.2 Å². The van der Waals surface area contributed by atoms with Gasteiger partial charge in [0.2, 0.25) is 6.29 Å². The highest BCUT2D eigenvalue weighted by molar-refractivity contribution is 5.95. The predicted octanol–water partition coefficient (Wildman–Crippen LogP) is 0.911. The second-order valence-corrected chi connectivity index (χ2v) is 7.18. The summed E-state index contributed by atoms with van der Waals surface area (Å²) in [5.41, 5.74) is -0.405. The molecule has 0 spiro atoms. The smallest absolute Gasteiger partial charge is 0.419 e. The summed E-state index contributed by atoms with van der Waals surface area (Å²) in [7, 11) is 1.43. The zero-order chi connectivity index (χ0) is 23.6. The first-order valence-corrected chi connectivity index (χ1v) is 9.57. The van der Waals surface area contributed by atoms with E-state index in [-0.39, 0.29) is 11.1 Å². The Balaban J connectivity index is 1.96. The Morgan fingerprint density at radius 3 is 2.38 bits per heavy atom. The van der Waals surface area contributed by atoms with Crippen LogP contribution in [0, 0.1) is 0 Å². The van der Waals surface area contributed by atoms with Crippen molar-refractivity contribution in [3.05, 3.63) is 53.6 Å². The highest BCUT2D eigenvalue weighted by Crippen LogP contribution is 2.40. The largest absolute Gasteiger partial charge is 0.461 e. The van der Waals surface area contributed by atoms with Gasteiger partial charge < -0.3 is 35.2 Å². The summed E-state index contributed by atoms with van der Waals surface area (Å²) in [5.74, 6) is -1.08. The third-order valence-electron chi connectivity index (χ3n) is 5.06. The average Bonchev–Trinajstić information content (AvgIpc) is 2.78. The van der Waals surface area contributed by atoms with Gasteiger partial charge in [-0.25, -0.2) is 0 Å². The number of nitrogens with one attached hydrogen (secondary N) is 1. The normalized spacial score (nSPS) is 25.9. The molecule has 1 fully saturated rings. The molecule has 174 valence electrons. The van der Waals surface area contributed by atoms with Crippen LogP contribution < -0.4 is 10.1 Å². The van der Waals surface area contributed by atoms with E-state index in [0.29, 0.717) is 5.56 Å². The van der Waals surface area contributed by atoms with Crippen molar-refractivity contribution in [2.24, 2.45) is 0 Å². The number of carbonyl (C=O) groups excluding carboxylic acids is 1. The third-order valence-corrected chi connectivity index (χ3v) is 5.06. The summed E-state index contributed by atoms with van der Waals surface area (Å²) in [5, 5.41) is 41.4. The average molecular weight is 457 g/mol. The van der Waals surface area contributed by atoms with E-state index in [0.717, 1.165) is 12.1 Å². The van der Waals surface area contributed by atoms with Gasteiger partial charge in [0.1, 0.15) is 30.2 Å². The highest BCUT2D eigenvalue weighted by atomic mass is 19.4. The molecule has 2 aromatic rings. The van der Waals surface area contributed by atoms with E-state index in [1.807, 2.05) is 0 Å². The van der Waals surface area contributed by atoms with Gasteiger partial charge in [-0.2, -0.15) is 13.2 Å². The standard InChI is InChI=1S/C21H22F3NO7/c1-25-19(30)12-4-2-3-10(7-12)11-5-6-14(13(8-11)21(22,23)24)31-20-18(29)17(28)16(27)15(9-26)32-20/h2-8,15-18,20,26-29H,9H2,1H3,(H,25,30). The van der Waals surface area contributed by atoms with Crippen molar-refractivity contribution >= 4 is 5.91 Å². The van der Waals surface area contributed by atoms with Gasteiger partial charge in [-0.1, -0.05) is 18.2 Å². The van der Waals surface area contributed by atoms with E-state index in [2.05, 4.69) is 5.32 Å². The van der Waals surface area contributed by atoms with E-state index >= 15 is 0 Å². The minimum absolute atomic E-state index is 0.157. The molecule has 1 amide bonds. The maximum Gasteiger partial charge on any atom is 0.419 e. The fourth-order valence-corrected chi connectivity index (χ4v) is 3.31. The van der Waals surface area contributed by atoms with Gasteiger partial charge in [0.15, 0.2) is 0 Å². The minimum atomic E-state index is -4.85. The number of hydrogen-bond donors (Lipinski definition) is 5. The zero-order valence-electron chi connectivity index (χ0n) is 16.8. The molecule has 5 unspecified atom stereocenters. The van der Waals surface area contributed by atoms with Crippen LogP contribution in [0.1, 0.15) is 15.9 Å². The number of amides is 1. The topological polar surface area (TPSA) is 128 Å². The molecule has 5 N–H and O–H groups in total. The molecule has 32 heavy (non-hydrogen) atoms. The zero-order valence-corrected chi connectivity index (χ0v) is 16.8. The molecule has 11 heteroatoms. The van der Waals surface area contributed by atoms with Gasteiger partial charge in [-0.3, -0.25) is 4.79 Å². The fraction of sp³-hybridized carbons (Fsp3) is 0.381. The Labute approximate surface area is 180 Å². The fourth-order valence-electron chi connectivity index (χ4n) is 3.31. The quantitative estimate of drug-likeness (QED) is 0.452. The van der Waals surface area contributed by atoms with Crippen molar-refractivity contribution < 1.29 is 47.9 Å². The van der Waals surface area contributed by atoms with Gasteiger partial charge in [0, 0.05) is 12.6 Å². The molecule has 1 aliphatic heterocycles. The molecule has 0 bridgehead atoms. The van der Waals surface area contributed by atoms with E-state index in [1.54, 1.807) is 6.07 Å². The molecule has 0 radical (unpaired) electrons. The second-order valence-electron chi connectivity index (χ2n) is 7.18. The number of hydrogen-bond acceptors (Lipinski definition) is 7. The van der Waals surface area contributed by atoms with Gasteiger partial charge in [-0.15, -0.1) is 0 Å². The summed E-state index contributed by atoms with van der Waals surface area (Å²) in [6.45, 7) is -0.752. The van der Waals surface area contributed by atoms with Crippen LogP contribution in [0.2, 0.25) is 0 Å². The summed E-state index contributed by atoms with van der Waals surface area (Å²) in [6.07, 6.45) is -13.3. The molecule has 2 aromatic carbocycles. The molecule has 1 aliphatic rings. The number of ether oxygens (including phenoxy) is 2. The van der Waals surface area contributed by atoms with E-state index in [1.165, 1.54) is 31.3 Å². The van der Waals surface area contributed by atoms with Crippen molar-refractivity contribution in [2.45, 2.75) is 36.9 Å².